The zero-order valence-electron chi connectivity index (χ0n) is 10.8. The largest absolute Gasteiger partial charge is 0.465 e. The summed E-state index contributed by atoms with van der Waals surface area (Å²) in [6, 6.07) is 0. The van der Waals surface area contributed by atoms with Crippen LogP contribution in [0.15, 0.2) is 4.52 Å². The van der Waals surface area contributed by atoms with E-state index in [1.54, 1.807) is 14.0 Å². The maximum absolute atomic E-state index is 11.8. The number of rotatable bonds is 7. The lowest BCUT2D eigenvalue weighted by Crippen LogP contribution is -2.23. The van der Waals surface area contributed by atoms with Gasteiger partial charge in [0.05, 0.1) is 6.61 Å². The molecule has 0 N–H and O–H groups in total. The first kappa shape index (κ1) is 13.0. The molecule has 6 nitrogen and oxygen atoms in total. The van der Waals surface area contributed by atoms with Gasteiger partial charge in [-0.05, 0) is 26.2 Å². The fraction of sp³-hybridized carbons (Fsp3) is 0.750. The molecule has 1 aromatic heterocycles. The summed E-state index contributed by atoms with van der Waals surface area (Å²) in [7, 11) is 1.65. The molecule has 1 aromatic rings. The fourth-order valence-corrected chi connectivity index (χ4v) is 1.82. The highest BCUT2D eigenvalue weighted by Gasteiger charge is 2.57. The quantitative estimate of drug-likeness (QED) is 0.538. The van der Waals surface area contributed by atoms with E-state index in [9.17, 15) is 4.79 Å². The van der Waals surface area contributed by atoms with Crippen LogP contribution < -0.4 is 0 Å². The van der Waals surface area contributed by atoms with E-state index in [-0.39, 0.29) is 5.97 Å². The normalized spacial score (nSPS) is 16.6. The number of aromatic nitrogens is 2. The molecule has 100 valence electrons. The Labute approximate surface area is 106 Å². The maximum atomic E-state index is 11.8. The van der Waals surface area contributed by atoms with Crippen molar-refractivity contribution in [2.75, 3.05) is 20.3 Å². The summed E-state index contributed by atoms with van der Waals surface area (Å²) in [6.07, 6.45) is 2.98. The molecule has 18 heavy (non-hydrogen) atoms. The Morgan fingerprint density at radius 3 is 2.89 bits per heavy atom. The fourth-order valence-electron chi connectivity index (χ4n) is 1.82. The van der Waals surface area contributed by atoms with E-state index in [2.05, 4.69) is 10.1 Å². The zero-order chi connectivity index (χ0) is 13.0. The number of methoxy groups -OCH3 is 1. The molecule has 0 atom stereocenters. The molecule has 1 aliphatic rings. The van der Waals surface area contributed by atoms with Crippen molar-refractivity contribution in [1.82, 2.24) is 10.1 Å². The van der Waals surface area contributed by atoms with Gasteiger partial charge in [0.25, 0.3) is 0 Å². The van der Waals surface area contributed by atoms with Crippen LogP contribution in [0.1, 0.15) is 37.9 Å². The second-order valence-corrected chi connectivity index (χ2v) is 4.41. The highest BCUT2D eigenvalue weighted by Crippen LogP contribution is 2.48. The summed E-state index contributed by atoms with van der Waals surface area (Å²) in [4.78, 5) is 16.1. The monoisotopic (exact) mass is 254 g/mol. The van der Waals surface area contributed by atoms with Crippen molar-refractivity contribution in [3.63, 3.8) is 0 Å². The van der Waals surface area contributed by atoms with Crippen molar-refractivity contribution in [2.24, 2.45) is 0 Å². The van der Waals surface area contributed by atoms with E-state index in [0.717, 1.165) is 19.3 Å². The number of aryl methyl sites for hydroxylation is 1. The topological polar surface area (TPSA) is 74.5 Å². The van der Waals surface area contributed by atoms with E-state index in [4.69, 9.17) is 14.0 Å². The Kier molecular flexibility index (Phi) is 3.96. The number of hydrogen-bond donors (Lipinski definition) is 0. The number of nitrogens with zero attached hydrogens (tertiary/aromatic N) is 2. The number of esters is 1. The van der Waals surface area contributed by atoms with Gasteiger partial charge in [0.2, 0.25) is 5.89 Å². The summed E-state index contributed by atoms with van der Waals surface area (Å²) >= 11 is 0. The molecule has 6 heteroatoms. The number of carbonyl (C=O) groups is 1. The molecule has 1 fully saturated rings. The third-order valence-electron chi connectivity index (χ3n) is 3.04. The summed E-state index contributed by atoms with van der Waals surface area (Å²) in [5.74, 6) is 0.767. The molecule has 1 heterocycles. The standard InChI is InChI=1S/C12H18N2O4/c1-3-17-11(15)12(6-7-12)10-13-9(14-18-10)5-4-8-16-2/h3-8H2,1-2H3. The second-order valence-electron chi connectivity index (χ2n) is 4.41. The Hall–Kier alpha value is -1.43. The minimum atomic E-state index is -0.664. The minimum Gasteiger partial charge on any atom is -0.465 e. The first-order valence-corrected chi connectivity index (χ1v) is 6.22. The lowest BCUT2D eigenvalue weighted by molar-refractivity contribution is -0.146. The van der Waals surface area contributed by atoms with Gasteiger partial charge in [0.15, 0.2) is 5.82 Å². The molecule has 0 aliphatic heterocycles. The van der Waals surface area contributed by atoms with Gasteiger partial charge in [0, 0.05) is 20.1 Å². The van der Waals surface area contributed by atoms with Gasteiger partial charge in [-0.3, -0.25) is 4.79 Å². The number of carbonyl (C=O) groups excluding carboxylic acids is 1. The van der Waals surface area contributed by atoms with Crippen LogP contribution in [-0.4, -0.2) is 36.4 Å². The average Bonchev–Trinajstić information content (AvgIpc) is 3.05. The molecule has 0 aromatic carbocycles. The molecule has 0 bridgehead atoms. The van der Waals surface area contributed by atoms with Crippen LogP contribution in [0, 0.1) is 0 Å². The van der Waals surface area contributed by atoms with Gasteiger partial charge in [-0.1, -0.05) is 5.16 Å². The molecule has 0 spiro atoms. The highest BCUT2D eigenvalue weighted by molar-refractivity contribution is 5.85. The van der Waals surface area contributed by atoms with E-state index in [1.165, 1.54) is 0 Å². The van der Waals surface area contributed by atoms with Crippen LogP contribution >= 0.6 is 0 Å². The first-order chi connectivity index (χ1) is 8.73. The van der Waals surface area contributed by atoms with Crippen LogP contribution in [0.25, 0.3) is 0 Å². The Bertz CT molecular complexity index is 412. The highest BCUT2D eigenvalue weighted by atomic mass is 16.5. The van der Waals surface area contributed by atoms with Crippen molar-refractivity contribution in [2.45, 2.75) is 38.0 Å². The number of hydrogen-bond acceptors (Lipinski definition) is 6. The van der Waals surface area contributed by atoms with Crippen LogP contribution in [0.3, 0.4) is 0 Å². The van der Waals surface area contributed by atoms with Gasteiger partial charge in [-0.25, -0.2) is 0 Å². The van der Waals surface area contributed by atoms with Crippen LogP contribution in [-0.2, 0) is 26.1 Å². The second kappa shape index (κ2) is 5.48. The van der Waals surface area contributed by atoms with E-state index < -0.39 is 5.41 Å². The number of ether oxygens (including phenoxy) is 2. The first-order valence-electron chi connectivity index (χ1n) is 6.22. The van der Waals surface area contributed by atoms with Gasteiger partial charge >= 0.3 is 5.97 Å². The van der Waals surface area contributed by atoms with Crippen molar-refractivity contribution in [1.29, 1.82) is 0 Å². The molecule has 0 amide bonds. The van der Waals surface area contributed by atoms with Gasteiger partial charge in [0.1, 0.15) is 5.41 Å². The molecule has 1 aliphatic carbocycles. The zero-order valence-corrected chi connectivity index (χ0v) is 10.8. The average molecular weight is 254 g/mol. The molecule has 0 saturated heterocycles. The molecular formula is C12H18N2O4. The summed E-state index contributed by atoms with van der Waals surface area (Å²) in [6.45, 7) is 2.82. The van der Waals surface area contributed by atoms with Crippen LogP contribution in [0.5, 0.6) is 0 Å². The van der Waals surface area contributed by atoms with Crippen LogP contribution in [0.2, 0.25) is 0 Å². The minimum absolute atomic E-state index is 0.253. The van der Waals surface area contributed by atoms with Gasteiger partial charge < -0.3 is 14.0 Å². The summed E-state index contributed by atoms with van der Waals surface area (Å²) in [5.41, 5.74) is -0.664. The smallest absolute Gasteiger partial charge is 0.321 e. The van der Waals surface area contributed by atoms with Crippen molar-refractivity contribution in [3.8, 4) is 0 Å². The molecule has 1 saturated carbocycles. The van der Waals surface area contributed by atoms with E-state index in [1.807, 2.05) is 0 Å². The molecular weight excluding hydrogens is 236 g/mol. The van der Waals surface area contributed by atoms with Crippen LogP contribution in [0.4, 0.5) is 0 Å². The Morgan fingerprint density at radius 2 is 2.28 bits per heavy atom. The maximum Gasteiger partial charge on any atom is 0.321 e. The van der Waals surface area contributed by atoms with E-state index >= 15 is 0 Å². The third kappa shape index (κ3) is 2.53. The predicted octanol–water partition coefficient (Wildman–Crippen LogP) is 1.24. The summed E-state index contributed by atoms with van der Waals surface area (Å²) in [5, 5.41) is 3.89. The Morgan fingerprint density at radius 1 is 1.50 bits per heavy atom. The molecule has 0 radical (unpaired) electrons. The molecule has 2 rings (SSSR count). The Balaban J connectivity index is 1.99. The SMILES string of the molecule is CCOC(=O)C1(c2nc(CCCOC)no2)CC1. The summed E-state index contributed by atoms with van der Waals surface area (Å²) < 4.78 is 15.2. The van der Waals surface area contributed by atoms with Gasteiger partial charge in [-0.15, -0.1) is 0 Å². The van der Waals surface area contributed by atoms with E-state index in [0.29, 0.717) is 31.3 Å². The van der Waals surface area contributed by atoms with Crippen molar-refractivity contribution < 1.29 is 18.8 Å². The van der Waals surface area contributed by atoms with Crippen molar-refractivity contribution >= 4 is 5.97 Å². The lowest BCUT2D eigenvalue weighted by Gasteiger charge is -2.07. The predicted molar refractivity (Wildman–Crippen MR) is 62.0 cm³/mol. The molecule has 0 unspecified atom stereocenters. The van der Waals surface area contributed by atoms with Crippen molar-refractivity contribution in [3.05, 3.63) is 11.7 Å². The van der Waals surface area contributed by atoms with Gasteiger partial charge in [-0.2, -0.15) is 4.98 Å². The lowest BCUT2D eigenvalue weighted by atomic mass is 10.1. The third-order valence-corrected chi connectivity index (χ3v) is 3.04.